The number of benzene rings is 2. The van der Waals surface area contributed by atoms with Crippen LogP contribution in [-0.4, -0.2) is 30.9 Å². The fraction of sp³-hybridized carbons (Fsp3) is 0.300. The molecule has 0 spiro atoms. The molecule has 0 N–H and O–H groups in total. The summed E-state index contributed by atoms with van der Waals surface area (Å²) in [5.41, 5.74) is 2.04. The molecule has 0 fully saturated rings. The number of Topliss-reactive ketones (excluding diaryl/α,β-unsaturated/α-hetero) is 1. The molecule has 0 aliphatic rings. The lowest BCUT2D eigenvalue weighted by molar-refractivity contribution is 0.0319. The van der Waals surface area contributed by atoms with Gasteiger partial charge in [-0.3, -0.25) is 4.79 Å². The van der Waals surface area contributed by atoms with Gasteiger partial charge in [0.2, 0.25) is 5.78 Å². The average molecular weight is 325 g/mol. The minimum atomic E-state index is -0.817. The molecule has 2 aromatic carbocycles. The summed E-state index contributed by atoms with van der Waals surface area (Å²) in [5.74, 6) is -0.693. The van der Waals surface area contributed by atoms with Gasteiger partial charge in [0, 0.05) is 24.3 Å². The molecule has 0 amide bonds. The zero-order valence-corrected chi connectivity index (χ0v) is 14.4. The van der Waals surface area contributed by atoms with Crippen LogP contribution in [0.1, 0.15) is 41.5 Å². The van der Waals surface area contributed by atoms with E-state index in [0.717, 1.165) is 18.8 Å². The summed E-state index contributed by atoms with van der Waals surface area (Å²) in [7, 11) is 0. The summed E-state index contributed by atoms with van der Waals surface area (Å²) < 4.78 is 5.30. The molecule has 0 aliphatic carbocycles. The van der Waals surface area contributed by atoms with Gasteiger partial charge < -0.3 is 9.64 Å². The molecule has 2 rings (SSSR count). The molecule has 0 saturated heterocycles. The van der Waals surface area contributed by atoms with Crippen molar-refractivity contribution in [2.24, 2.45) is 0 Å². The molecular formula is C20H23NO3. The number of ether oxygens (including phenoxy) is 1. The standard InChI is InChI=1S/C20H23NO3/c1-4-21(5-2)18-13-11-17(12-14-18)20(23)24-15(3)19(22)16-9-7-6-8-10-16/h6-15H,4-5H2,1-3H3. The van der Waals surface area contributed by atoms with E-state index in [1.807, 2.05) is 18.2 Å². The monoisotopic (exact) mass is 325 g/mol. The molecular weight excluding hydrogens is 302 g/mol. The third-order valence-electron chi connectivity index (χ3n) is 3.94. The van der Waals surface area contributed by atoms with Crippen LogP contribution in [0.3, 0.4) is 0 Å². The topological polar surface area (TPSA) is 46.6 Å². The maximum absolute atomic E-state index is 12.2. The van der Waals surface area contributed by atoms with Crippen molar-refractivity contribution in [1.29, 1.82) is 0 Å². The first kappa shape index (κ1) is 17.7. The van der Waals surface area contributed by atoms with E-state index in [1.165, 1.54) is 0 Å². The molecule has 1 unspecified atom stereocenters. The smallest absolute Gasteiger partial charge is 0.338 e. The summed E-state index contributed by atoms with van der Waals surface area (Å²) in [6, 6.07) is 16.1. The predicted molar refractivity (Wildman–Crippen MR) is 95.7 cm³/mol. The molecule has 2 aromatic rings. The average Bonchev–Trinajstić information content (AvgIpc) is 2.63. The lowest BCUT2D eigenvalue weighted by Gasteiger charge is -2.21. The van der Waals surface area contributed by atoms with Gasteiger partial charge >= 0.3 is 5.97 Å². The highest BCUT2D eigenvalue weighted by Gasteiger charge is 2.20. The Labute approximate surface area is 143 Å². The Bertz CT molecular complexity index is 676. The first-order valence-corrected chi connectivity index (χ1v) is 8.22. The molecule has 0 aliphatic heterocycles. The summed E-state index contributed by atoms with van der Waals surface area (Å²) in [5, 5.41) is 0. The molecule has 0 bridgehead atoms. The number of carbonyl (C=O) groups excluding carboxylic acids is 2. The van der Waals surface area contributed by atoms with Crippen molar-refractivity contribution in [3.05, 3.63) is 65.7 Å². The van der Waals surface area contributed by atoms with Crippen molar-refractivity contribution in [2.45, 2.75) is 26.9 Å². The van der Waals surface area contributed by atoms with Crippen LogP contribution in [0, 0.1) is 0 Å². The molecule has 4 heteroatoms. The molecule has 0 heterocycles. The highest BCUT2D eigenvalue weighted by Crippen LogP contribution is 2.16. The van der Waals surface area contributed by atoms with E-state index in [1.54, 1.807) is 43.3 Å². The maximum Gasteiger partial charge on any atom is 0.338 e. The number of hydrogen-bond donors (Lipinski definition) is 0. The van der Waals surface area contributed by atoms with E-state index in [-0.39, 0.29) is 5.78 Å². The third kappa shape index (κ3) is 4.22. The second kappa shape index (κ2) is 8.29. The second-order valence-electron chi connectivity index (χ2n) is 5.50. The van der Waals surface area contributed by atoms with Crippen LogP contribution in [0.15, 0.2) is 54.6 Å². The van der Waals surface area contributed by atoms with E-state index in [2.05, 4.69) is 18.7 Å². The van der Waals surface area contributed by atoms with Gasteiger partial charge in [0.1, 0.15) is 0 Å². The quantitative estimate of drug-likeness (QED) is 0.571. The van der Waals surface area contributed by atoms with Crippen LogP contribution in [0.4, 0.5) is 5.69 Å². The van der Waals surface area contributed by atoms with Crippen molar-refractivity contribution >= 4 is 17.4 Å². The number of esters is 1. The number of hydrogen-bond acceptors (Lipinski definition) is 4. The van der Waals surface area contributed by atoms with Gasteiger partial charge in [-0.1, -0.05) is 30.3 Å². The van der Waals surface area contributed by atoms with Gasteiger partial charge in [0.25, 0.3) is 0 Å². The van der Waals surface area contributed by atoms with Crippen LogP contribution in [-0.2, 0) is 4.74 Å². The molecule has 0 radical (unpaired) electrons. The highest BCUT2D eigenvalue weighted by molar-refractivity contribution is 6.01. The summed E-state index contributed by atoms with van der Waals surface area (Å²) in [4.78, 5) is 26.7. The van der Waals surface area contributed by atoms with Crippen LogP contribution in [0.5, 0.6) is 0 Å². The normalized spacial score (nSPS) is 11.6. The Morgan fingerprint density at radius 3 is 2.04 bits per heavy atom. The van der Waals surface area contributed by atoms with E-state index < -0.39 is 12.1 Å². The van der Waals surface area contributed by atoms with Gasteiger partial charge in [-0.15, -0.1) is 0 Å². The fourth-order valence-electron chi connectivity index (χ4n) is 2.52. The molecule has 126 valence electrons. The molecule has 0 aromatic heterocycles. The predicted octanol–water partition coefficient (Wildman–Crippen LogP) is 3.96. The minimum absolute atomic E-state index is 0.205. The number of rotatable bonds is 7. The van der Waals surface area contributed by atoms with Crippen LogP contribution in [0.2, 0.25) is 0 Å². The number of ketones is 1. The van der Waals surface area contributed by atoms with Crippen molar-refractivity contribution in [1.82, 2.24) is 0 Å². The lowest BCUT2D eigenvalue weighted by Crippen LogP contribution is -2.24. The molecule has 1 atom stereocenters. The van der Waals surface area contributed by atoms with Gasteiger partial charge in [0.15, 0.2) is 6.10 Å². The first-order chi connectivity index (χ1) is 11.6. The van der Waals surface area contributed by atoms with E-state index in [0.29, 0.717) is 11.1 Å². The van der Waals surface area contributed by atoms with Gasteiger partial charge in [-0.05, 0) is 45.0 Å². The summed E-state index contributed by atoms with van der Waals surface area (Å²) >= 11 is 0. The van der Waals surface area contributed by atoms with Crippen molar-refractivity contribution in [3.63, 3.8) is 0 Å². The molecule has 0 saturated carbocycles. The number of anilines is 1. The molecule has 4 nitrogen and oxygen atoms in total. The fourth-order valence-corrected chi connectivity index (χ4v) is 2.52. The Hall–Kier alpha value is -2.62. The highest BCUT2D eigenvalue weighted by atomic mass is 16.5. The minimum Gasteiger partial charge on any atom is -0.451 e. The van der Waals surface area contributed by atoms with Crippen molar-refractivity contribution in [3.8, 4) is 0 Å². The Balaban J connectivity index is 2.03. The van der Waals surface area contributed by atoms with E-state index in [9.17, 15) is 9.59 Å². The van der Waals surface area contributed by atoms with E-state index >= 15 is 0 Å². The number of nitrogens with zero attached hydrogens (tertiary/aromatic N) is 1. The summed E-state index contributed by atoms with van der Waals surface area (Å²) in [6.45, 7) is 7.58. The Morgan fingerprint density at radius 2 is 1.50 bits per heavy atom. The lowest BCUT2D eigenvalue weighted by atomic mass is 10.1. The van der Waals surface area contributed by atoms with Gasteiger partial charge in [-0.25, -0.2) is 4.79 Å². The van der Waals surface area contributed by atoms with E-state index in [4.69, 9.17) is 4.74 Å². The Morgan fingerprint density at radius 1 is 0.917 bits per heavy atom. The SMILES string of the molecule is CCN(CC)c1ccc(C(=O)OC(C)C(=O)c2ccccc2)cc1. The first-order valence-electron chi connectivity index (χ1n) is 8.22. The van der Waals surface area contributed by atoms with Crippen LogP contribution in [0.25, 0.3) is 0 Å². The zero-order valence-electron chi connectivity index (χ0n) is 14.4. The second-order valence-corrected chi connectivity index (χ2v) is 5.50. The van der Waals surface area contributed by atoms with Crippen LogP contribution < -0.4 is 4.90 Å². The van der Waals surface area contributed by atoms with Crippen molar-refractivity contribution < 1.29 is 14.3 Å². The number of carbonyl (C=O) groups is 2. The van der Waals surface area contributed by atoms with Crippen molar-refractivity contribution in [2.75, 3.05) is 18.0 Å². The Kier molecular flexibility index (Phi) is 6.13. The molecule has 24 heavy (non-hydrogen) atoms. The summed E-state index contributed by atoms with van der Waals surface area (Å²) in [6.07, 6.45) is -0.817. The third-order valence-corrected chi connectivity index (χ3v) is 3.94. The van der Waals surface area contributed by atoms with Crippen LogP contribution >= 0.6 is 0 Å². The zero-order chi connectivity index (χ0) is 17.5. The van der Waals surface area contributed by atoms with Gasteiger partial charge in [0.05, 0.1) is 5.56 Å². The maximum atomic E-state index is 12.2. The largest absolute Gasteiger partial charge is 0.451 e. The van der Waals surface area contributed by atoms with Gasteiger partial charge in [-0.2, -0.15) is 0 Å².